The summed E-state index contributed by atoms with van der Waals surface area (Å²) in [5, 5.41) is 3.09. The number of amides is 1. The molecule has 3 aliphatic rings. The van der Waals surface area contributed by atoms with Crippen molar-refractivity contribution in [3.8, 4) is 0 Å². The van der Waals surface area contributed by atoms with Crippen molar-refractivity contribution in [1.82, 2.24) is 0 Å². The summed E-state index contributed by atoms with van der Waals surface area (Å²) >= 11 is 0. The normalized spacial score (nSPS) is 24.1. The van der Waals surface area contributed by atoms with E-state index in [1.807, 2.05) is 86.6 Å². The van der Waals surface area contributed by atoms with Crippen molar-refractivity contribution in [3.05, 3.63) is 137 Å². The SMILES string of the molecule is CC1=C[C@H]2N(c3ccc(C)cc31)[C@H](C(=O)c1ccccc1)[C@@H](C(=O)c1ccccc1)[C@]21C(=O)Nc2ccccc21. The molecule has 4 aromatic rings. The maximum Gasteiger partial charge on any atom is 0.238 e. The highest BCUT2D eigenvalue weighted by molar-refractivity contribution is 6.18. The molecule has 0 radical (unpaired) electrons. The zero-order chi connectivity index (χ0) is 27.6. The molecule has 3 aliphatic heterocycles. The largest absolute Gasteiger partial charge is 0.352 e. The van der Waals surface area contributed by atoms with Crippen LogP contribution in [0.1, 0.15) is 44.3 Å². The Balaban J connectivity index is 1.57. The molecule has 5 nitrogen and oxygen atoms in total. The van der Waals surface area contributed by atoms with Crippen LogP contribution >= 0.6 is 0 Å². The van der Waals surface area contributed by atoms with Gasteiger partial charge in [0.25, 0.3) is 0 Å². The van der Waals surface area contributed by atoms with E-state index >= 15 is 0 Å². The summed E-state index contributed by atoms with van der Waals surface area (Å²) in [5.74, 6) is -1.60. The number of anilines is 2. The van der Waals surface area contributed by atoms with Gasteiger partial charge in [0.1, 0.15) is 11.5 Å². The standard InChI is InChI=1S/C35H28N2O3/c1-21-17-18-28-25(19-21)22(2)20-29-35(26-15-9-10-16-27(26)36-34(35)40)30(32(38)23-11-5-3-6-12-23)31(37(28)29)33(39)24-13-7-4-8-14-24/h3-20,29-31H,1-2H3,(H,36,40)/t29-,30+,31+,35-/m1/s1. The number of nitrogens with one attached hydrogen (secondary N) is 1. The number of carbonyl (C=O) groups excluding carboxylic acids is 3. The number of nitrogens with zero attached hydrogens (tertiary/aromatic N) is 1. The van der Waals surface area contributed by atoms with Gasteiger partial charge in [0.05, 0.1) is 12.0 Å². The topological polar surface area (TPSA) is 66.5 Å². The van der Waals surface area contributed by atoms with E-state index in [4.69, 9.17) is 0 Å². The lowest BCUT2D eigenvalue weighted by atomic mass is 9.64. The third kappa shape index (κ3) is 3.24. The number of carbonyl (C=O) groups is 3. The van der Waals surface area contributed by atoms with Crippen molar-refractivity contribution in [2.24, 2.45) is 5.92 Å². The molecular formula is C35H28N2O3. The number of ketones is 2. The van der Waals surface area contributed by atoms with Crippen molar-refractivity contribution in [1.29, 1.82) is 0 Å². The maximum absolute atomic E-state index is 14.7. The third-order valence-corrected chi connectivity index (χ3v) is 8.80. The molecule has 1 spiro atoms. The highest BCUT2D eigenvalue weighted by Crippen LogP contribution is 2.58. The molecule has 4 aromatic carbocycles. The van der Waals surface area contributed by atoms with Crippen molar-refractivity contribution < 1.29 is 14.4 Å². The van der Waals surface area contributed by atoms with Gasteiger partial charge in [0.15, 0.2) is 11.6 Å². The zero-order valence-corrected chi connectivity index (χ0v) is 22.3. The van der Waals surface area contributed by atoms with E-state index < -0.39 is 23.4 Å². The molecule has 1 fully saturated rings. The van der Waals surface area contributed by atoms with Crippen LogP contribution in [0.15, 0.2) is 109 Å². The van der Waals surface area contributed by atoms with Crippen LogP contribution in [0, 0.1) is 12.8 Å². The second-order valence-corrected chi connectivity index (χ2v) is 11.0. The summed E-state index contributed by atoms with van der Waals surface area (Å²) in [5.41, 5.74) is 5.14. The fourth-order valence-electron chi connectivity index (χ4n) is 7.10. The van der Waals surface area contributed by atoms with Gasteiger partial charge in [0, 0.05) is 28.1 Å². The summed E-state index contributed by atoms with van der Waals surface area (Å²) in [6.45, 7) is 4.09. The van der Waals surface area contributed by atoms with Crippen molar-refractivity contribution >= 4 is 34.4 Å². The minimum absolute atomic E-state index is 0.173. The smallest absolute Gasteiger partial charge is 0.238 e. The molecular weight excluding hydrogens is 496 g/mol. The predicted octanol–water partition coefficient (Wildman–Crippen LogP) is 6.24. The Morgan fingerprint density at radius 2 is 1.40 bits per heavy atom. The highest BCUT2D eigenvalue weighted by Gasteiger charge is 2.70. The molecule has 0 aromatic heterocycles. The van der Waals surface area contributed by atoms with E-state index in [1.165, 1.54) is 0 Å². The molecule has 1 N–H and O–H groups in total. The van der Waals surface area contributed by atoms with E-state index in [0.29, 0.717) is 16.8 Å². The highest BCUT2D eigenvalue weighted by atomic mass is 16.2. The van der Waals surface area contributed by atoms with Crippen LogP contribution in [0.2, 0.25) is 0 Å². The van der Waals surface area contributed by atoms with Crippen LogP contribution < -0.4 is 10.2 Å². The fourth-order valence-corrected chi connectivity index (χ4v) is 7.10. The molecule has 196 valence electrons. The molecule has 1 amide bonds. The van der Waals surface area contributed by atoms with Gasteiger partial charge in [-0.3, -0.25) is 14.4 Å². The number of benzene rings is 4. The van der Waals surface area contributed by atoms with Crippen molar-refractivity contribution in [2.45, 2.75) is 31.3 Å². The maximum atomic E-state index is 14.7. The minimum Gasteiger partial charge on any atom is -0.352 e. The lowest BCUT2D eigenvalue weighted by Gasteiger charge is -2.39. The lowest BCUT2D eigenvalue weighted by molar-refractivity contribution is -0.121. The Kier molecular flexibility index (Phi) is 5.39. The summed E-state index contributed by atoms with van der Waals surface area (Å²) in [4.78, 5) is 45.8. The lowest BCUT2D eigenvalue weighted by Crippen LogP contribution is -2.51. The Hall–Kier alpha value is -4.77. The summed E-state index contributed by atoms with van der Waals surface area (Å²) in [6, 6.07) is 30.5. The van der Waals surface area contributed by atoms with E-state index in [-0.39, 0.29) is 17.5 Å². The number of hydrogen-bond donors (Lipinski definition) is 1. The molecule has 0 bridgehead atoms. The number of rotatable bonds is 4. The van der Waals surface area contributed by atoms with Gasteiger partial charge >= 0.3 is 0 Å². The zero-order valence-electron chi connectivity index (χ0n) is 22.3. The van der Waals surface area contributed by atoms with Gasteiger partial charge in [-0.25, -0.2) is 0 Å². The Bertz CT molecular complexity index is 1730. The van der Waals surface area contributed by atoms with Crippen LogP contribution in [0.25, 0.3) is 5.57 Å². The van der Waals surface area contributed by atoms with Crippen LogP contribution in [0.5, 0.6) is 0 Å². The van der Waals surface area contributed by atoms with Crippen molar-refractivity contribution in [3.63, 3.8) is 0 Å². The average Bonchev–Trinajstić information content (AvgIpc) is 3.45. The first-order valence-corrected chi connectivity index (χ1v) is 13.6. The number of hydrogen-bond acceptors (Lipinski definition) is 4. The average molecular weight is 525 g/mol. The van der Waals surface area contributed by atoms with Crippen LogP contribution in [0.4, 0.5) is 11.4 Å². The molecule has 0 unspecified atom stereocenters. The number of allylic oxidation sites excluding steroid dienone is 1. The third-order valence-electron chi connectivity index (χ3n) is 8.80. The molecule has 0 saturated carbocycles. The molecule has 3 heterocycles. The first kappa shape index (κ1) is 24.3. The van der Waals surface area contributed by atoms with Crippen molar-refractivity contribution in [2.75, 3.05) is 10.2 Å². The van der Waals surface area contributed by atoms with Gasteiger partial charge in [-0.1, -0.05) is 96.6 Å². The molecule has 4 atom stereocenters. The van der Waals surface area contributed by atoms with Gasteiger partial charge in [0.2, 0.25) is 5.91 Å². The van der Waals surface area contributed by atoms with E-state index in [0.717, 1.165) is 28.0 Å². The van der Waals surface area contributed by atoms with Crippen LogP contribution in [-0.2, 0) is 10.2 Å². The second-order valence-electron chi connectivity index (χ2n) is 11.0. The molecule has 40 heavy (non-hydrogen) atoms. The van der Waals surface area contributed by atoms with E-state index in [9.17, 15) is 14.4 Å². The number of aryl methyl sites for hydroxylation is 1. The quantitative estimate of drug-likeness (QED) is 0.321. The minimum atomic E-state index is -1.30. The van der Waals surface area contributed by atoms with Gasteiger partial charge < -0.3 is 10.2 Å². The Morgan fingerprint density at radius 3 is 2.10 bits per heavy atom. The monoisotopic (exact) mass is 524 g/mol. The molecule has 7 rings (SSSR count). The summed E-state index contributed by atoms with van der Waals surface area (Å²) in [6.07, 6.45) is 2.09. The fraction of sp³-hybridized carbons (Fsp3) is 0.171. The Morgan fingerprint density at radius 1 is 0.775 bits per heavy atom. The predicted molar refractivity (Wildman–Crippen MR) is 157 cm³/mol. The molecule has 0 aliphatic carbocycles. The number of Topliss-reactive ketones (excluding diaryl/α,β-unsaturated/α-hetero) is 2. The van der Waals surface area contributed by atoms with Gasteiger partial charge in [-0.2, -0.15) is 0 Å². The van der Waals surface area contributed by atoms with E-state index in [1.54, 1.807) is 24.3 Å². The Labute approximate surface area is 233 Å². The van der Waals surface area contributed by atoms with Gasteiger partial charge in [-0.05, 0) is 43.2 Å². The number of para-hydroxylation sites is 1. The molecule has 5 heteroatoms. The number of fused-ring (bicyclic) bond motifs is 6. The van der Waals surface area contributed by atoms with Crippen LogP contribution in [0.3, 0.4) is 0 Å². The first-order chi connectivity index (χ1) is 19.4. The van der Waals surface area contributed by atoms with Crippen LogP contribution in [-0.4, -0.2) is 29.6 Å². The summed E-state index contributed by atoms with van der Waals surface area (Å²) in [7, 11) is 0. The first-order valence-electron chi connectivity index (χ1n) is 13.6. The summed E-state index contributed by atoms with van der Waals surface area (Å²) < 4.78 is 0. The van der Waals surface area contributed by atoms with Gasteiger partial charge in [-0.15, -0.1) is 0 Å². The second kappa shape index (κ2) is 8.88. The molecule has 1 saturated heterocycles. The van der Waals surface area contributed by atoms with E-state index in [2.05, 4.69) is 22.4 Å².